The van der Waals surface area contributed by atoms with Crippen molar-refractivity contribution >= 4 is 81.9 Å². The second-order valence-corrected chi connectivity index (χ2v) is 24.1. The second kappa shape index (κ2) is 33.4. The van der Waals surface area contributed by atoms with E-state index >= 15 is 0 Å². The Kier molecular flexibility index (Phi) is 27.9. The number of imide groups is 1. The number of rotatable bonds is 35. The number of hydrazine groups is 1. The van der Waals surface area contributed by atoms with E-state index in [9.17, 15) is 53.1 Å². The fraction of sp³-hybridized carbons (Fsp3) is 0.690. The summed E-state index contributed by atoms with van der Waals surface area (Å²) in [4.78, 5) is 140. The number of hydrogen-bond donors (Lipinski definition) is 8. The van der Waals surface area contributed by atoms with Crippen LogP contribution in [0.5, 0.6) is 0 Å². The summed E-state index contributed by atoms with van der Waals surface area (Å²) in [7, 11) is 6.40. The third-order valence-electron chi connectivity index (χ3n) is 16.1. The van der Waals surface area contributed by atoms with Crippen molar-refractivity contribution in [3.05, 3.63) is 36.0 Å². The zero-order valence-corrected chi connectivity index (χ0v) is 51.1. The Morgan fingerprint density at radius 3 is 2.12 bits per heavy atom. The van der Waals surface area contributed by atoms with Crippen molar-refractivity contribution < 1.29 is 67.6 Å². The first-order valence-electron chi connectivity index (χ1n) is 29.0. The normalized spacial score (nSPS) is 18.8. The Balaban J connectivity index is 1.28. The number of amides is 8. The number of aromatic amines is 1. The minimum absolute atomic E-state index is 0.00657. The molecule has 83 heavy (non-hydrogen) atoms. The molecular formula is C58H92N10O14S. The van der Waals surface area contributed by atoms with Gasteiger partial charge in [0.05, 0.1) is 47.9 Å². The number of nitrogens with one attached hydrogen (secondary N) is 5. The summed E-state index contributed by atoms with van der Waals surface area (Å²) in [5, 5.41) is 25.1. The number of methoxy groups -OCH3 is 2. The highest BCUT2D eigenvalue weighted by atomic mass is 32.2. The van der Waals surface area contributed by atoms with Gasteiger partial charge in [0.25, 0.3) is 0 Å². The number of hydrogen-bond acceptors (Lipinski definition) is 15. The molecule has 0 aliphatic carbocycles. The summed E-state index contributed by atoms with van der Waals surface area (Å²) < 4.78 is 12.0. The lowest BCUT2D eigenvalue weighted by atomic mass is 9.89. The van der Waals surface area contributed by atoms with Crippen LogP contribution in [0.15, 0.2) is 30.5 Å². The third kappa shape index (κ3) is 19.4. The number of thioether (sulfide) groups is 1. The number of unbranched alkanes of at least 4 members (excludes halogenated alkanes) is 2. The lowest BCUT2D eigenvalue weighted by Crippen LogP contribution is -2.60. The molecule has 4 rings (SSSR count). The number of ether oxygens (including phenoxy) is 2. The summed E-state index contributed by atoms with van der Waals surface area (Å²) in [6.07, 6.45) is 3.90. The van der Waals surface area contributed by atoms with Crippen LogP contribution < -0.4 is 27.2 Å². The first-order valence-corrected chi connectivity index (χ1v) is 30.0. The molecule has 0 bridgehead atoms. The number of aliphatic carboxylic acids is 2. The number of likely N-dealkylation sites (N-methyl/N-ethyl adjacent to an activating group) is 2. The molecule has 3 heterocycles. The quantitative estimate of drug-likeness (QED) is 0.0279. The van der Waals surface area contributed by atoms with Crippen molar-refractivity contribution in [1.82, 2.24) is 46.1 Å². The number of H-pyrrole nitrogens is 1. The van der Waals surface area contributed by atoms with Crippen LogP contribution in [0, 0.1) is 23.7 Å². The summed E-state index contributed by atoms with van der Waals surface area (Å²) >= 11 is 1.05. The van der Waals surface area contributed by atoms with Crippen LogP contribution in [0.1, 0.15) is 125 Å². The first kappa shape index (κ1) is 69.3. The number of carbonyl (C=O) groups excluding carboxylic acids is 8. The lowest BCUT2D eigenvalue weighted by molar-refractivity contribution is -0.148. The first-order chi connectivity index (χ1) is 39.3. The van der Waals surface area contributed by atoms with Gasteiger partial charge in [-0.05, 0) is 75.1 Å². The van der Waals surface area contributed by atoms with E-state index in [0.29, 0.717) is 58.0 Å². The van der Waals surface area contributed by atoms with Crippen molar-refractivity contribution in [1.29, 1.82) is 0 Å². The van der Waals surface area contributed by atoms with Crippen LogP contribution in [0.2, 0.25) is 0 Å². The Labute approximate surface area is 492 Å². The maximum atomic E-state index is 14.7. The zero-order valence-electron chi connectivity index (χ0n) is 50.3. The number of fused-ring (bicyclic) bond motifs is 1. The smallest absolute Gasteiger partial charge is 0.326 e. The maximum Gasteiger partial charge on any atom is 0.326 e. The molecule has 25 heteroatoms. The highest BCUT2D eigenvalue weighted by molar-refractivity contribution is 8.00. The van der Waals surface area contributed by atoms with Gasteiger partial charge in [0, 0.05) is 82.9 Å². The largest absolute Gasteiger partial charge is 0.480 e. The monoisotopic (exact) mass is 1180 g/mol. The van der Waals surface area contributed by atoms with E-state index in [0.717, 1.165) is 33.1 Å². The van der Waals surface area contributed by atoms with Crippen LogP contribution in [-0.4, -0.2) is 201 Å². The van der Waals surface area contributed by atoms with E-state index in [1.54, 1.807) is 37.0 Å². The number of nitrogens with two attached hydrogens (primary N) is 1. The molecule has 464 valence electrons. The molecule has 10 unspecified atom stereocenters. The van der Waals surface area contributed by atoms with Gasteiger partial charge in [-0.1, -0.05) is 79.5 Å². The van der Waals surface area contributed by atoms with Crippen molar-refractivity contribution in [2.24, 2.45) is 29.4 Å². The number of carbonyl (C=O) groups is 10. The maximum absolute atomic E-state index is 14.7. The molecule has 0 saturated carbocycles. The molecule has 1 aromatic carbocycles. The Hall–Kier alpha value is -6.15. The molecule has 2 aliphatic heterocycles. The van der Waals surface area contributed by atoms with Gasteiger partial charge in [0.1, 0.15) is 18.1 Å². The fourth-order valence-corrected chi connectivity index (χ4v) is 12.4. The fourth-order valence-electron chi connectivity index (χ4n) is 11.2. The predicted octanol–water partition coefficient (Wildman–Crippen LogP) is 3.06. The van der Waals surface area contributed by atoms with Gasteiger partial charge in [0.2, 0.25) is 47.3 Å². The van der Waals surface area contributed by atoms with Crippen LogP contribution in [0.25, 0.3) is 10.9 Å². The summed E-state index contributed by atoms with van der Waals surface area (Å²) in [6.45, 7) is 14.0. The molecule has 11 atom stereocenters. The van der Waals surface area contributed by atoms with Gasteiger partial charge in [-0.15, -0.1) is 11.8 Å². The van der Waals surface area contributed by atoms with Gasteiger partial charge in [-0.25, -0.2) is 4.79 Å². The number of carboxylic acids is 2. The molecule has 2 aromatic rings. The molecule has 0 spiro atoms. The third-order valence-corrected chi connectivity index (χ3v) is 17.4. The molecule has 2 fully saturated rings. The highest BCUT2D eigenvalue weighted by Crippen LogP contribution is 2.31. The van der Waals surface area contributed by atoms with E-state index in [4.69, 9.17) is 20.3 Å². The number of aromatic nitrogens is 1. The molecule has 2 saturated heterocycles. The van der Waals surface area contributed by atoms with Crippen molar-refractivity contribution in [3.63, 3.8) is 0 Å². The molecule has 1 aromatic heterocycles. The number of likely N-dealkylation sites (tertiary alicyclic amines) is 2. The van der Waals surface area contributed by atoms with E-state index < -0.39 is 89.3 Å². The van der Waals surface area contributed by atoms with E-state index in [1.165, 1.54) is 14.2 Å². The van der Waals surface area contributed by atoms with Crippen molar-refractivity contribution in [2.75, 3.05) is 53.7 Å². The average Bonchev–Trinajstić information content (AvgIpc) is 4.42. The van der Waals surface area contributed by atoms with Crippen LogP contribution >= 0.6 is 11.8 Å². The van der Waals surface area contributed by atoms with Crippen molar-refractivity contribution in [2.45, 2.75) is 179 Å². The number of benzene rings is 1. The van der Waals surface area contributed by atoms with Crippen LogP contribution in [0.4, 0.5) is 0 Å². The Morgan fingerprint density at radius 2 is 1.52 bits per heavy atom. The van der Waals surface area contributed by atoms with E-state index in [2.05, 4.69) is 26.5 Å². The van der Waals surface area contributed by atoms with E-state index in [1.807, 2.05) is 70.7 Å². The average molecular weight is 1190 g/mol. The Bertz CT molecular complexity index is 2550. The highest BCUT2D eigenvalue weighted by Gasteiger charge is 2.44. The second-order valence-electron chi connectivity index (χ2n) is 22.8. The number of nitrogens with zero attached hydrogens (tertiary/aromatic N) is 4. The minimum atomic E-state index is -1.22. The SMILES string of the molecule is CCC(C)C(C(CC(=O)N1CCC[C@H]1C(OC)C(C)C(=O)NC(Cc1c[nH]c2ccccc12)C(=O)O)OC)N(C)C(=O)C(NC(=O)C(C(C)C)N(C)CCCC(=O)NNC(=O)CCCCCN1C(=O)CC(SCC(N)C(=O)O)C1=O)C(C)C. The minimum Gasteiger partial charge on any atom is -0.480 e. The zero-order chi connectivity index (χ0) is 61.8. The van der Waals surface area contributed by atoms with E-state index in [-0.39, 0.29) is 91.7 Å². The van der Waals surface area contributed by atoms with Crippen molar-refractivity contribution in [3.8, 4) is 0 Å². The van der Waals surface area contributed by atoms with Gasteiger partial charge in [-0.2, -0.15) is 0 Å². The van der Waals surface area contributed by atoms with Gasteiger partial charge in [-0.3, -0.25) is 63.8 Å². The number of para-hydroxylation sites is 1. The molecular weight excluding hydrogens is 1090 g/mol. The summed E-state index contributed by atoms with van der Waals surface area (Å²) in [6, 6.07) is 2.42. The standard InChI is InChI=1S/C58H92N10O14S/c1-12-35(6)51(43(81-10)29-47(71)67-27-18-22-42(67)52(82-11)36(7)53(73)61-41(58(79)80)28-37-31-60-40-21-16-15-20-38(37)40)66(9)56(76)49(33(2)3)62-54(74)50(34(4)5)65(8)25-19-24-46(70)64-63-45(69)23-14-13-17-26-68-48(72)30-44(55(68)75)83-32-39(59)57(77)78/h15-16,20-21,31,33-36,39,41-44,49-52,60H,12-14,17-19,22-30,32,59H2,1-11H3,(H,61,73)(H,62,74)(H,63,69)(H,64,70)(H,77,78)(H,79,80)/t35?,36?,39?,41?,42-,43?,44?,49?,50?,51?,52?/m0/s1. The van der Waals surface area contributed by atoms with Crippen LogP contribution in [-0.2, 0) is 63.8 Å². The van der Waals surface area contributed by atoms with Gasteiger partial charge < -0.3 is 50.8 Å². The predicted molar refractivity (Wildman–Crippen MR) is 313 cm³/mol. The molecule has 0 radical (unpaired) electrons. The summed E-state index contributed by atoms with van der Waals surface area (Å²) in [5.41, 5.74) is 12.0. The van der Waals surface area contributed by atoms with Crippen LogP contribution in [0.3, 0.4) is 0 Å². The molecule has 9 N–H and O–H groups in total. The van der Waals surface area contributed by atoms with Gasteiger partial charge in [0.15, 0.2) is 0 Å². The lowest BCUT2D eigenvalue weighted by Gasteiger charge is -2.41. The summed E-state index contributed by atoms with van der Waals surface area (Å²) in [5.74, 6) is -6.95. The Morgan fingerprint density at radius 1 is 0.855 bits per heavy atom. The number of carboxylic acid groups (broad SMARTS) is 2. The van der Waals surface area contributed by atoms with Gasteiger partial charge >= 0.3 is 11.9 Å². The molecule has 2 aliphatic rings. The topological polar surface area (TPSA) is 333 Å². The molecule has 8 amide bonds. The molecule has 24 nitrogen and oxygen atoms in total.